The predicted octanol–water partition coefficient (Wildman–Crippen LogP) is 3.25. The summed E-state index contributed by atoms with van der Waals surface area (Å²) in [5.41, 5.74) is 0.905. The summed E-state index contributed by atoms with van der Waals surface area (Å²) < 4.78 is 24.3. The van der Waals surface area contributed by atoms with Gasteiger partial charge in [0.25, 0.3) is 0 Å². The van der Waals surface area contributed by atoms with Crippen LogP contribution in [0.4, 0.5) is 16.3 Å². The number of benzene rings is 2. The fourth-order valence-electron chi connectivity index (χ4n) is 2.23. The molecule has 0 bridgehead atoms. The van der Waals surface area contributed by atoms with Gasteiger partial charge in [-0.25, -0.2) is 34.0 Å². The van der Waals surface area contributed by atoms with Crippen molar-refractivity contribution >= 4 is 61.6 Å². The predicted molar refractivity (Wildman–Crippen MR) is 105 cm³/mol. The monoisotopic (exact) mass is 425 g/mol. The van der Waals surface area contributed by atoms with Crippen LogP contribution in [0.5, 0.6) is 0 Å². The van der Waals surface area contributed by atoms with Gasteiger partial charge >= 0.3 is 6.03 Å². The van der Waals surface area contributed by atoms with E-state index in [1.807, 2.05) is 0 Å². The third kappa shape index (κ3) is 4.11. The molecule has 0 aliphatic carbocycles. The summed E-state index contributed by atoms with van der Waals surface area (Å²) in [5.74, 6) is 5.50. The van der Waals surface area contributed by atoms with Crippen LogP contribution in [0.3, 0.4) is 0 Å². The highest BCUT2D eigenvalue weighted by atomic mass is 35.5. The number of carbonyl (C=O) groups is 1. The number of amides is 2. The molecule has 2 amide bonds. The fourth-order valence-corrected chi connectivity index (χ4v) is 3.29. The van der Waals surface area contributed by atoms with E-state index >= 15 is 0 Å². The molecule has 3 aromatic rings. The van der Waals surface area contributed by atoms with Crippen molar-refractivity contribution < 1.29 is 13.2 Å². The SMILES string of the molecule is CS(=O)(=O)c1nc2cc(Cl)c(Cl)cc2nc1N(N)C(=O)Nc1ccccc1. The number of hydrazine groups is 1. The van der Waals surface area contributed by atoms with Crippen molar-refractivity contribution in [2.24, 2.45) is 5.84 Å². The number of hydrogen-bond acceptors (Lipinski definition) is 6. The lowest BCUT2D eigenvalue weighted by Crippen LogP contribution is -2.42. The van der Waals surface area contributed by atoms with E-state index in [1.165, 1.54) is 12.1 Å². The minimum Gasteiger partial charge on any atom is -0.306 e. The van der Waals surface area contributed by atoms with Gasteiger partial charge in [0.2, 0.25) is 0 Å². The molecule has 0 radical (unpaired) electrons. The summed E-state index contributed by atoms with van der Waals surface area (Å²) in [5, 5.41) is 3.06. The molecule has 0 aliphatic rings. The van der Waals surface area contributed by atoms with E-state index in [1.54, 1.807) is 30.3 Å². The van der Waals surface area contributed by atoms with Crippen molar-refractivity contribution in [2.45, 2.75) is 5.03 Å². The number of nitrogens with two attached hydrogens (primary N) is 1. The van der Waals surface area contributed by atoms with Crippen molar-refractivity contribution in [2.75, 3.05) is 16.6 Å². The first-order valence-corrected chi connectivity index (χ1v) is 10.1. The smallest absolute Gasteiger partial charge is 0.306 e. The molecule has 8 nitrogen and oxygen atoms in total. The average Bonchev–Trinajstić information content (AvgIpc) is 2.61. The summed E-state index contributed by atoms with van der Waals surface area (Å²) in [4.78, 5) is 20.7. The van der Waals surface area contributed by atoms with Crippen LogP contribution >= 0.6 is 23.2 Å². The third-order valence-corrected chi connectivity index (χ3v) is 5.18. The summed E-state index contributed by atoms with van der Waals surface area (Å²) in [6.45, 7) is 0. The molecule has 0 unspecified atom stereocenters. The molecule has 0 spiro atoms. The molecule has 0 saturated heterocycles. The van der Waals surface area contributed by atoms with E-state index in [0.717, 1.165) is 6.26 Å². The first kappa shape index (κ1) is 19.3. The van der Waals surface area contributed by atoms with E-state index in [4.69, 9.17) is 29.0 Å². The average molecular weight is 426 g/mol. The maximum absolute atomic E-state index is 12.4. The largest absolute Gasteiger partial charge is 0.342 e. The Bertz CT molecular complexity index is 1140. The summed E-state index contributed by atoms with van der Waals surface area (Å²) in [7, 11) is -3.85. The number of nitrogens with zero attached hydrogens (tertiary/aromatic N) is 3. The van der Waals surface area contributed by atoms with Gasteiger partial charge in [0.05, 0.1) is 21.1 Å². The number of halogens is 2. The molecule has 11 heteroatoms. The first-order valence-electron chi connectivity index (χ1n) is 7.44. The first-order chi connectivity index (χ1) is 12.7. The van der Waals surface area contributed by atoms with Gasteiger partial charge in [-0.3, -0.25) is 0 Å². The van der Waals surface area contributed by atoms with E-state index in [0.29, 0.717) is 10.7 Å². The van der Waals surface area contributed by atoms with Crippen LogP contribution < -0.4 is 16.2 Å². The van der Waals surface area contributed by atoms with Gasteiger partial charge in [0.1, 0.15) is 0 Å². The second kappa shape index (κ2) is 7.28. The molecule has 1 aromatic heterocycles. The molecule has 27 heavy (non-hydrogen) atoms. The number of hydrogen-bond donors (Lipinski definition) is 2. The number of fused-ring (bicyclic) bond motifs is 1. The van der Waals surface area contributed by atoms with Gasteiger partial charge in [-0.15, -0.1) is 0 Å². The molecule has 0 saturated carbocycles. The Hall–Kier alpha value is -2.46. The van der Waals surface area contributed by atoms with Crippen molar-refractivity contribution in [1.82, 2.24) is 9.97 Å². The van der Waals surface area contributed by atoms with Gasteiger partial charge in [-0.05, 0) is 24.3 Å². The lowest BCUT2D eigenvalue weighted by molar-refractivity contribution is 0.256. The van der Waals surface area contributed by atoms with Crippen LogP contribution in [-0.4, -0.2) is 30.7 Å². The number of urea groups is 1. The van der Waals surface area contributed by atoms with Gasteiger partial charge in [0, 0.05) is 11.9 Å². The number of rotatable bonds is 3. The number of anilines is 2. The zero-order valence-corrected chi connectivity index (χ0v) is 16.2. The van der Waals surface area contributed by atoms with Crippen LogP contribution in [-0.2, 0) is 9.84 Å². The van der Waals surface area contributed by atoms with E-state index < -0.39 is 20.9 Å². The van der Waals surface area contributed by atoms with Crippen molar-refractivity contribution in [3.05, 3.63) is 52.5 Å². The normalized spacial score (nSPS) is 11.4. The van der Waals surface area contributed by atoms with Gasteiger partial charge in [0.15, 0.2) is 20.7 Å². The Kier molecular flexibility index (Phi) is 5.20. The number of carbonyl (C=O) groups excluding carboxylic acids is 1. The lowest BCUT2D eigenvalue weighted by atomic mass is 10.3. The number of aromatic nitrogens is 2. The molecule has 2 aromatic carbocycles. The maximum atomic E-state index is 12.4. The lowest BCUT2D eigenvalue weighted by Gasteiger charge is -2.19. The number of para-hydroxylation sites is 1. The zero-order valence-electron chi connectivity index (χ0n) is 13.8. The highest BCUT2D eigenvalue weighted by Gasteiger charge is 2.25. The quantitative estimate of drug-likeness (QED) is 0.377. The molecule has 3 N–H and O–H groups in total. The highest BCUT2D eigenvalue weighted by Crippen LogP contribution is 2.29. The summed E-state index contributed by atoms with van der Waals surface area (Å²) in [6, 6.07) is 10.5. The molecular weight excluding hydrogens is 413 g/mol. The topological polar surface area (TPSA) is 118 Å². The molecule has 140 valence electrons. The van der Waals surface area contributed by atoms with Crippen LogP contribution in [0.2, 0.25) is 10.0 Å². The third-order valence-electron chi connectivity index (χ3n) is 3.48. The zero-order chi connectivity index (χ0) is 19.8. The molecule has 1 heterocycles. The van der Waals surface area contributed by atoms with E-state index in [9.17, 15) is 13.2 Å². The highest BCUT2D eigenvalue weighted by molar-refractivity contribution is 7.90. The Balaban J connectivity index is 2.10. The van der Waals surface area contributed by atoms with Crippen molar-refractivity contribution in [3.8, 4) is 0 Å². The van der Waals surface area contributed by atoms with Crippen molar-refractivity contribution in [3.63, 3.8) is 0 Å². The number of sulfone groups is 1. The van der Waals surface area contributed by atoms with Gasteiger partial charge < -0.3 is 5.32 Å². The Morgan fingerprint density at radius 2 is 1.63 bits per heavy atom. The van der Waals surface area contributed by atoms with Gasteiger partial charge in [-0.1, -0.05) is 41.4 Å². The van der Waals surface area contributed by atoms with Crippen LogP contribution in [0.1, 0.15) is 0 Å². The van der Waals surface area contributed by atoms with Crippen LogP contribution in [0.25, 0.3) is 11.0 Å². The number of nitrogens with one attached hydrogen (secondary N) is 1. The fraction of sp³-hybridized carbons (Fsp3) is 0.0625. The Morgan fingerprint density at radius 3 is 2.19 bits per heavy atom. The Labute approximate surface area is 164 Å². The standard InChI is InChI=1S/C16H13Cl2N5O3S/c1-27(25,26)15-14(21-12-7-10(17)11(18)8-13(12)22-15)23(19)16(24)20-9-5-3-2-4-6-9/h2-8H,19H2,1H3,(H,20,24). The minimum absolute atomic E-state index is 0.192. The molecule has 0 atom stereocenters. The Morgan fingerprint density at radius 1 is 1.07 bits per heavy atom. The summed E-state index contributed by atoms with van der Waals surface area (Å²) in [6.07, 6.45) is 0.937. The molecule has 0 aliphatic heterocycles. The summed E-state index contributed by atoms with van der Waals surface area (Å²) >= 11 is 11.9. The van der Waals surface area contributed by atoms with Crippen molar-refractivity contribution in [1.29, 1.82) is 0 Å². The molecular formula is C16H13Cl2N5O3S. The second-order valence-corrected chi connectivity index (χ2v) is 8.29. The van der Waals surface area contributed by atoms with Gasteiger partial charge in [-0.2, -0.15) is 0 Å². The maximum Gasteiger partial charge on any atom is 0.342 e. The second-order valence-electron chi connectivity index (χ2n) is 5.55. The van der Waals surface area contributed by atoms with Crippen LogP contribution in [0, 0.1) is 0 Å². The molecule has 3 rings (SSSR count). The minimum atomic E-state index is -3.85. The molecule has 0 fully saturated rings. The van der Waals surface area contributed by atoms with E-state index in [-0.39, 0.29) is 26.9 Å². The van der Waals surface area contributed by atoms with E-state index in [2.05, 4.69) is 15.3 Å². The van der Waals surface area contributed by atoms with Crippen LogP contribution in [0.15, 0.2) is 47.5 Å².